The van der Waals surface area contributed by atoms with Crippen LogP contribution in [0.4, 0.5) is 0 Å². The Morgan fingerprint density at radius 3 is 0.923 bits per heavy atom. The number of rotatable bonds is 0. The fourth-order valence-corrected chi connectivity index (χ4v) is 1.31. The van der Waals surface area contributed by atoms with Crippen LogP contribution in [-0.2, 0) is 17.1 Å². The van der Waals surface area contributed by atoms with Gasteiger partial charge in [-0.2, -0.15) is 24.3 Å². The second kappa shape index (κ2) is 7.57. The Labute approximate surface area is 106 Å². The van der Waals surface area contributed by atoms with E-state index < -0.39 is 0 Å². The van der Waals surface area contributed by atoms with Gasteiger partial charge >= 0.3 is 17.1 Å². The summed E-state index contributed by atoms with van der Waals surface area (Å²) in [5.41, 5.74) is 0. The number of hydrogen-bond donors (Lipinski definition) is 0. The topological polar surface area (TPSA) is 0 Å². The molecule has 0 aliphatic carbocycles. The second-order valence-electron chi connectivity index (χ2n) is 2.21. The summed E-state index contributed by atoms with van der Waals surface area (Å²) in [5, 5.41) is 0. The molecule has 2 aromatic rings. The van der Waals surface area contributed by atoms with Crippen molar-refractivity contribution in [3.63, 3.8) is 0 Å². The summed E-state index contributed by atoms with van der Waals surface area (Å²) in [7, 11) is 0. The molecule has 0 spiro atoms. The summed E-state index contributed by atoms with van der Waals surface area (Å²) < 4.78 is 2.31. The van der Waals surface area contributed by atoms with Crippen molar-refractivity contribution in [1.82, 2.24) is 0 Å². The third-order valence-electron chi connectivity index (χ3n) is 1.24. The van der Waals surface area contributed by atoms with Crippen molar-refractivity contribution in [1.29, 1.82) is 0 Å². The molecule has 0 fully saturated rings. The molecule has 70 valence electrons. The molecule has 0 N–H and O–H groups in total. The van der Waals surface area contributed by atoms with E-state index in [1.54, 1.807) is 0 Å². The summed E-state index contributed by atoms with van der Waals surface area (Å²) in [6, 6.07) is 16.0. The van der Waals surface area contributed by atoms with Gasteiger partial charge in [0.2, 0.25) is 0 Å². The maximum Gasteiger partial charge on any atom is 2.00 e. The van der Waals surface area contributed by atoms with Crippen LogP contribution < -0.4 is 0 Å². The SMILES string of the molecule is Br[c-]1cccc1.Br[c-]1cccc1.[Fe+2]. The molecule has 0 heterocycles. The van der Waals surface area contributed by atoms with E-state index >= 15 is 0 Å². The Kier molecular flexibility index (Phi) is 7.68. The smallest absolute Gasteiger partial charge is 0.213 e. The number of halogens is 2. The largest absolute Gasteiger partial charge is 2.00 e. The van der Waals surface area contributed by atoms with Gasteiger partial charge in [-0.05, 0) is 0 Å². The van der Waals surface area contributed by atoms with E-state index in [1.807, 2.05) is 48.5 Å². The predicted octanol–water partition coefficient (Wildman–Crippen LogP) is 4.33. The predicted molar refractivity (Wildman–Crippen MR) is 59.5 cm³/mol. The first-order valence-electron chi connectivity index (χ1n) is 3.53. The van der Waals surface area contributed by atoms with Crippen LogP contribution in [0.25, 0.3) is 0 Å². The molecular formula is C10H8Br2Fe. The molecule has 0 amide bonds. The first-order chi connectivity index (χ1) is 5.79. The van der Waals surface area contributed by atoms with Gasteiger partial charge in [-0.15, -0.1) is 31.9 Å². The zero-order valence-electron chi connectivity index (χ0n) is 6.73. The fraction of sp³-hybridized carbons (Fsp3) is 0. The molecule has 2 rings (SSSR count). The van der Waals surface area contributed by atoms with Gasteiger partial charge in [-0.1, -0.05) is 8.95 Å². The number of hydrogen-bond acceptors (Lipinski definition) is 0. The van der Waals surface area contributed by atoms with Gasteiger partial charge in [0.05, 0.1) is 0 Å². The molecule has 0 radical (unpaired) electrons. The normalized spacial score (nSPS) is 8.15. The molecule has 0 nitrogen and oxygen atoms in total. The average molecular weight is 344 g/mol. The van der Waals surface area contributed by atoms with Crippen LogP contribution in [-0.4, -0.2) is 0 Å². The molecule has 3 heteroatoms. The monoisotopic (exact) mass is 342 g/mol. The van der Waals surface area contributed by atoms with E-state index in [9.17, 15) is 0 Å². The minimum atomic E-state index is 0. The summed E-state index contributed by atoms with van der Waals surface area (Å²) in [5.74, 6) is 0. The third kappa shape index (κ3) is 6.28. The molecule has 0 saturated carbocycles. The maximum absolute atomic E-state index is 3.28. The average Bonchev–Trinajstić information content (AvgIpc) is 2.63. The molecule has 0 bridgehead atoms. The third-order valence-corrected chi connectivity index (χ3v) is 2.30. The van der Waals surface area contributed by atoms with Crippen molar-refractivity contribution in [3.05, 3.63) is 57.5 Å². The summed E-state index contributed by atoms with van der Waals surface area (Å²) in [4.78, 5) is 0. The van der Waals surface area contributed by atoms with Crippen LogP contribution in [0.2, 0.25) is 0 Å². The van der Waals surface area contributed by atoms with Crippen LogP contribution in [0.3, 0.4) is 0 Å². The summed E-state index contributed by atoms with van der Waals surface area (Å²) >= 11 is 6.56. The minimum Gasteiger partial charge on any atom is -0.213 e. The zero-order chi connectivity index (χ0) is 8.81. The van der Waals surface area contributed by atoms with Crippen LogP contribution >= 0.6 is 31.9 Å². The standard InChI is InChI=1S/2C5H4Br.Fe/c2*6-5-3-1-2-4-5;/h2*1-4H;/q2*-1;+2. The Morgan fingerprint density at radius 1 is 0.615 bits per heavy atom. The molecule has 0 aliphatic rings. The van der Waals surface area contributed by atoms with E-state index in [0.717, 1.165) is 8.95 Å². The molecule has 2 aromatic carbocycles. The van der Waals surface area contributed by atoms with Crippen LogP contribution in [0.1, 0.15) is 0 Å². The second-order valence-corrected chi connectivity index (χ2v) is 4.04. The molecule has 0 atom stereocenters. The Bertz CT molecular complexity index is 252. The minimum absolute atomic E-state index is 0. The Balaban J connectivity index is 0.000000206. The van der Waals surface area contributed by atoms with Gasteiger partial charge in [0.1, 0.15) is 0 Å². The van der Waals surface area contributed by atoms with Gasteiger partial charge in [0, 0.05) is 0 Å². The summed E-state index contributed by atoms with van der Waals surface area (Å²) in [6.07, 6.45) is 0. The molecule has 13 heavy (non-hydrogen) atoms. The van der Waals surface area contributed by atoms with Gasteiger partial charge in [-0.3, -0.25) is 0 Å². The molecular weight excluding hydrogens is 336 g/mol. The van der Waals surface area contributed by atoms with Crippen molar-refractivity contribution < 1.29 is 17.1 Å². The van der Waals surface area contributed by atoms with Crippen LogP contribution in [0, 0.1) is 0 Å². The van der Waals surface area contributed by atoms with Crippen LogP contribution in [0.15, 0.2) is 57.5 Å². The van der Waals surface area contributed by atoms with Crippen molar-refractivity contribution in [2.45, 2.75) is 0 Å². The van der Waals surface area contributed by atoms with E-state index in [2.05, 4.69) is 31.9 Å². The van der Waals surface area contributed by atoms with Gasteiger partial charge in [0.25, 0.3) is 0 Å². The van der Waals surface area contributed by atoms with Crippen LogP contribution in [0.5, 0.6) is 0 Å². The molecule has 0 aliphatic heterocycles. The molecule has 0 unspecified atom stereocenters. The van der Waals surface area contributed by atoms with Gasteiger partial charge in [0.15, 0.2) is 0 Å². The first-order valence-corrected chi connectivity index (χ1v) is 5.12. The van der Waals surface area contributed by atoms with Gasteiger partial charge < -0.3 is 0 Å². The first kappa shape index (κ1) is 13.2. The van der Waals surface area contributed by atoms with E-state index in [1.165, 1.54) is 0 Å². The van der Waals surface area contributed by atoms with Crippen molar-refractivity contribution in [3.8, 4) is 0 Å². The van der Waals surface area contributed by atoms with Crippen molar-refractivity contribution in [2.24, 2.45) is 0 Å². The fourth-order valence-electron chi connectivity index (χ4n) is 0.701. The van der Waals surface area contributed by atoms with Crippen molar-refractivity contribution >= 4 is 31.9 Å². The van der Waals surface area contributed by atoms with E-state index in [-0.39, 0.29) is 17.1 Å². The van der Waals surface area contributed by atoms with E-state index in [4.69, 9.17) is 0 Å². The van der Waals surface area contributed by atoms with Gasteiger partial charge in [-0.25, -0.2) is 24.3 Å². The zero-order valence-corrected chi connectivity index (χ0v) is 11.0. The Hall–Kier alpha value is 0.179. The van der Waals surface area contributed by atoms with Crippen molar-refractivity contribution in [2.75, 3.05) is 0 Å². The Morgan fingerprint density at radius 2 is 0.846 bits per heavy atom. The quantitative estimate of drug-likeness (QED) is 0.493. The molecule has 0 aromatic heterocycles. The van der Waals surface area contributed by atoms with E-state index in [0.29, 0.717) is 0 Å². The molecule has 0 saturated heterocycles. The summed E-state index contributed by atoms with van der Waals surface area (Å²) in [6.45, 7) is 0. The maximum atomic E-state index is 3.28.